The van der Waals surface area contributed by atoms with E-state index in [0.717, 1.165) is 5.69 Å². The molecule has 2 atom stereocenters. The second kappa shape index (κ2) is 6.78. The van der Waals surface area contributed by atoms with Crippen molar-refractivity contribution in [2.75, 3.05) is 12.0 Å². The van der Waals surface area contributed by atoms with Gasteiger partial charge in [0.2, 0.25) is 0 Å². The highest BCUT2D eigenvalue weighted by Gasteiger charge is 2.12. The van der Waals surface area contributed by atoms with Gasteiger partial charge in [-0.05, 0) is 5.56 Å². The molecular formula is C13H16N2OS2. The molecule has 5 heteroatoms. The largest absolute Gasteiger partial charge is 0.303 e. The van der Waals surface area contributed by atoms with E-state index in [4.69, 9.17) is 0 Å². The maximum absolute atomic E-state index is 11.4. The molecule has 0 unspecified atom stereocenters. The first-order chi connectivity index (χ1) is 8.75. The minimum Gasteiger partial charge on any atom is -0.303 e. The van der Waals surface area contributed by atoms with Crippen LogP contribution in [0.25, 0.3) is 0 Å². The van der Waals surface area contributed by atoms with Gasteiger partial charge in [0.25, 0.3) is 0 Å². The fourth-order valence-electron chi connectivity index (χ4n) is 1.75. The summed E-state index contributed by atoms with van der Waals surface area (Å²) in [5.74, 6) is 0.619. The van der Waals surface area contributed by atoms with Crippen LogP contribution in [0.2, 0.25) is 0 Å². The SMILES string of the molecule is C[S@](=O)C[C@@H](NCc1cscn1)c1ccccc1. The lowest BCUT2D eigenvalue weighted by Crippen LogP contribution is -2.25. The number of benzene rings is 1. The van der Waals surface area contributed by atoms with Crippen molar-refractivity contribution in [1.29, 1.82) is 0 Å². The summed E-state index contributed by atoms with van der Waals surface area (Å²) in [6, 6.07) is 10.2. The van der Waals surface area contributed by atoms with Crippen LogP contribution in [0.3, 0.4) is 0 Å². The Morgan fingerprint density at radius 3 is 2.78 bits per heavy atom. The van der Waals surface area contributed by atoms with Crippen molar-refractivity contribution in [2.45, 2.75) is 12.6 Å². The predicted octanol–water partition coefficient (Wildman–Crippen LogP) is 2.35. The van der Waals surface area contributed by atoms with Gasteiger partial charge in [0.05, 0.1) is 11.2 Å². The molecule has 0 bridgehead atoms. The minimum atomic E-state index is -0.825. The molecule has 0 fully saturated rings. The van der Waals surface area contributed by atoms with E-state index in [2.05, 4.69) is 22.4 Å². The van der Waals surface area contributed by atoms with Crippen LogP contribution in [0, 0.1) is 0 Å². The maximum Gasteiger partial charge on any atom is 0.0795 e. The molecule has 0 aliphatic rings. The number of aromatic nitrogens is 1. The van der Waals surface area contributed by atoms with Crippen LogP contribution in [-0.4, -0.2) is 21.2 Å². The molecule has 0 radical (unpaired) electrons. The highest BCUT2D eigenvalue weighted by molar-refractivity contribution is 7.84. The highest BCUT2D eigenvalue weighted by Crippen LogP contribution is 2.14. The van der Waals surface area contributed by atoms with Crippen LogP contribution < -0.4 is 5.32 Å². The van der Waals surface area contributed by atoms with Gasteiger partial charge in [-0.15, -0.1) is 11.3 Å². The summed E-state index contributed by atoms with van der Waals surface area (Å²) in [4.78, 5) is 4.24. The van der Waals surface area contributed by atoms with Gasteiger partial charge < -0.3 is 5.32 Å². The molecule has 18 heavy (non-hydrogen) atoms. The first-order valence-electron chi connectivity index (χ1n) is 5.71. The van der Waals surface area contributed by atoms with Crippen molar-refractivity contribution < 1.29 is 4.21 Å². The second-order valence-corrected chi connectivity index (χ2v) is 6.26. The van der Waals surface area contributed by atoms with Gasteiger partial charge >= 0.3 is 0 Å². The normalized spacial score (nSPS) is 14.3. The molecule has 0 spiro atoms. The van der Waals surface area contributed by atoms with Gasteiger partial charge in [-0.2, -0.15) is 0 Å². The minimum absolute atomic E-state index is 0.110. The standard InChI is InChI=1S/C13H16N2OS2/c1-18(16)9-13(11-5-3-2-4-6-11)14-7-12-8-17-10-15-12/h2-6,8,10,13-14H,7,9H2,1H3/t13-,18+/m1/s1. The second-order valence-electron chi connectivity index (χ2n) is 4.06. The molecule has 1 aromatic heterocycles. The van der Waals surface area contributed by atoms with Gasteiger partial charge in [0.15, 0.2) is 0 Å². The summed E-state index contributed by atoms with van der Waals surface area (Å²) in [5, 5.41) is 5.45. The summed E-state index contributed by atoms with van der Waals surface area (Å²) >= 11 is 1.59. The number of rotatable bonds is 6. The van der Waals surface area contributed by atoms with E-state index in [1.54, 1.807) is 17.6 Å². The summed E-state index contributed by atoms with van der Waals surface area (Å²) in [6.07, 6.45) is 1.74. The van der Waals surface area contributed by atoms with Crippen LogP contribution in [0.1, 0.15) is 17.3 Å². The van der Waals surface area contributed by atoms with Crippen LogP contribution in [0.15, 0.2) is 41.2 Å². The lowest BCUT2D eigenvalue weighted by Gasteiger charge is -2.17. The van der Waals surface area contributed by atoms with Crippen molar-refractivity contribution in [3.8, 4) is 0 Å². The average Bonchev–Trinajstić information content (AvgIpc) is 2.88. The van der Waals surface area contributed by atoms with Gasteiger partial charge in [0.1, 0.15) is 0 Å². The number of nitrogens with zero attached hydrogens (tertiary/aromatic N) is 1. The number of thiazole rings is 1. The fourth-order valence-corrected chi connectivity index (χ4v) is 3.08. The molecule has 1 N–H and O–H groups in total. The van der Waals surface area contributed by atoms with Crippen molar-refractivity contribution >= 4 is 22.1 Å². The smallest absolute Gasteiger partial charge is 0.0795 e. The molecule has 1 aromatic carbocycles. The molecule has 0 aliphatic heterocycles. The lowest BCUT2D eigenvalue weighted by molar-refractivity contribution is 0.569. The van der Waals surface area contributed by atoms with E-state index in [1.807, 2.05) is 29.1 Å². The number of nitrogens with one attached hydrogen (secondary N) is 1. The van der Waals surface area contributed by atoms with E-state index in [-0.39, 0.29) is 6.04 Å². The predicted molar refractivity (Wildman–Crippen MR) is 77.1 cm³/mol. The molecule has 96 valence electrons. The van der Waals surface area contributed by atoms with Gasteiger partial charge in [-0.1, -0.05) is 30.3 Å². The van der Waals surface area contributed by atoms with Crippen LogP contribution in [0.5, 0.6) is 0 Å². The Hall–Kier alpha value is -1.04. The Kier molecular flexibility index (Phi) is 5.04. The van der Waals surface area contributed by atoms with Gasteiger partial charge in [-0.3, -0.25) is 4.21 Å². The third-order valence-electron chi connectivity index (χ3n) is 2.62. The zero-order chi connectivity index (χ0) is 12.8. The van der Waals surface area contributed by atoms with E-state index in [9.17, 15) is 4.21 Å². The monoisotopic (exact) mass is 280 g/mol. The zero-order valence-corrected chi connectivity index (χ0v) is 11.8. The lowest BCUT2D eigenvalue weighted by atomic mass is 10.1. The molecule has 2 rings (SSSR count). The van der Waals surface area contributed by atoms with E-state index >= 15 is 0 Å². The van der Waals surface area contributed by atoms with E-state index in [0.29, 0.717) is 12.3 Å². The van der Waals surface area contributed by atoms with E-state index < -0.39 is 10.8 Å². The third-order valence-corrected chi connectivity index (χ3v) is 4.05. The molecule has 0 amide bonds. The highest BCUT2D eigenvalue weighted by atomic mass is 32.2. The molecule has 0 aliphatic carbocycles. The summed E-state index contributed by atoms with van der Waals surface area (Å²) in [6.45, 7) is 0.709. The van der Waals surface area contributed by atoms with Crippen molar-refractivity contribution in [3.63, 3.8) is 0 Å². The Morgan fingerprint density at radius 2 is 2.17 bits per heavy atom. The third kappa shape index (κ3) is 4.01. The van der Waals surface area contributed by atoms with Crippen molar-refractivity contribution in [1.82, 2.24) is 10.3 Å². The summed E-state index contributed by atoms with van der Waals surface area (Å²) < 4.78 is 11.4. The molecule has 1 heterocycles. The molecule has 2 aromatic rings. The van der Waals surface area contributed by atoms with Crippen molar-refractivity contribution in [3.05, 3.63) is 52.5 Å². The molecular weight excluding hydrogens is 264 g/mol. The molecule has 3 nitrogen and oxygen atoms in total. The van der Waals surface area contributed by atoms with Crippen molar-refractivity contribution in [2.24, 2.45) is 0 Å². The zero-order valence-electron chi connectivity index (χ0n) is 10.2. The number of hydrogen-bond acceptors (Lipinski definition) is 4. The number of hydrogen-bond donors (Lipinski definition) is 1. The van der Waals surface area contributed by atoms with Crippen LogP contribution >= 0.6 is 11.3 Å². The first-order valence-corrected chi connectivity index (χ1v) is 8.38. The average molecular weight is 280 g/mol. The van der Waals surface area contributed by atoms with Crippen LogP contribution in [-0.2, 0) is 17.3 Å². The summed E-state index contributed by atoms with van der Waals surface area (Å²) in [5.41, 5.74) is 4.03. The Labute approximate surface area is 114 Å². The topological polar surface area (TPSA) is 42.0 Å². The summed E-state index contributed by atoms with van der Waals surface area (Å²) in [7, 11) is -0.825. The van der Waals surface area contributed by atoms with Crippen LogP contribution in [0.4, 0.5) is 0 Å². The molecule has 0 saturated carbocycles. The Balaban J connectivity index is 2.03. The fraction of sp³-hybridized carbons (Fsp3) is 0.308. The Bertz CT molecular complexity index is 485. The van der Waals surface area contributed by atoms with Gasteiger partial charge in [-0.25, -0.2) is 4.98 Å². The van der Waals surface area contributed by atoms with Gasteiger partial charge in [0, 0.05) is 40.8 Å². The maximum atomic E-state index is 11.4. The quantitative estimate of drug-likeness (QED) is 0.883. The first kappa shape index (κ1) is 13.4. The van der Waals surface area contributed by atoms with E-state index in [1.165, 1.54) is 5.56 Å². The Morgan fingerprint density at radius 1 is 1.39 bits per heavy atom. The molecule has 0 saturated heterocycles.